The van der Waals surface area contributed by atoms with Gasteiger partial charge >= 0.3 is 6.09 Å². The Labute approximate surface area is 115 Å². The van der Waals surface area contributed by atoms with Crippen LogP contribution in [0.4, 0.5) is 4.79 Å². The summed E-state index contributed by atoms with van der Waals surface area (Å²) in [7, 11) is 0. The molecule has 6 heteroatoms. The number of carbonyl (C=O) groups is 2. The molecule has 20 heavy (non-hydrogen) atoms. The fourth-order valence-corrected chi connectivity index (χ4v) is 2.36. The van der Waals surface area contributed by atoms with Gasteiger partial charge in [-0.15, -0.1) is 0 Å². The second kappa shape index (κ2) is 4.96. The van der Waals surface area contributed by atoms with Crippen molar-refractivity contribution in [3.63, 3.8) is 0 Å². The molecule has 3 rings (SSSR count). The maximum absolute atomic E-state index is 12.3. The molecular formula is C14H14N2O4. The Morgan fingerprint density at radius 3 is 2.75 bits per heavy atom. The molecule has 1 saturated heterocycles. The first-order valence-electron chi connectivity index (χ1n) is 6.46. The summed E-state index contributed by atoms with van der Waals surface area (Å²) in [5.74, 6) is -0.604. The van der Waals surface area contributed by atoms with Crippen LogP contribution >= 0.6 is 0 Å². The third-order valence-corrected chi connectivity index (χ3v) is 3.49. The molecule has 2 atom stereocenters. The number of imide groups is 1. The molecule has 0 radical (unpaired) electrons. The van der Waals surface area contributed by atoms with E-state index >= 15 is 0 Å². The number of nitrogens with zero attached hydrogens (tertiary/aromatic N) is 2. The molecule has 2 amide bonds. The maximum atomic E-state index is 12.3. The number of hydrogen-bond acceptors (Lipinski definition) is 5. The zero-order chi connectivity index (χ0) is 14.1. The SMILES string of the molecule is C[C@H]1C(c2ccccc2)=NO[C@@H]1C(=O)N1CCOC1=O. The number of carbonyl (C=O) groups excluding carboxylic acids is 2. The summed E-state index contributed by atoms with van der Waals surface area (Å²) < 4.78 is 4.77. The molecular weight excluding hydrogens is 260 g/mol. The summed E-state index contributed by atoms with van der Waals surface area (Å²) in [5, 5.41) is 4.00. The van der Waals surface area contributed by atoms with Gasteiger partial charge in [0.2, 0.25) is 6.10 Å². The van der Waals surface area contributed by atoms with E-state index in [4.69, 9.17) is 9.57 Å². The second-order valence-electron chi connectivity index (χ2n) is 4.76. The van der Waals surface area contributed by atoms with Crippen LogP contribution in [0.2, 0.25) is 0 Å². The van der Waals surface area contributed by atoms with E-state index < -0.39 is 18.1 Å². The Morgan fingerprint density at radius 1 is 1.35 bits per heavy atom. The molecule has 6 nitrogen and oxygen atoms in total. The summed E-state index contributed by atoms with van der Waals surface area (Å²) in [5.41, 5.74) is 1.64. The van der Waals surface area contributed by atoms with Crippen LogP contribution < -0.4 is 0 Å². The van der Waals surface area contributed by atoms with Crippen LogP contribution in [0.5, 0.6) is 0 Å². The Bertz CT molecular complexity index is 570. The highest BCUT2D eigenvalue weighted by Crippen LogP contribution is 2.25. The number of ether oxygens (including phenoxy) is 1. The van der Waals surface area contributed by atoms with E-state index in [0.717, 1.165) is 16.2 Å². The lowest BCUT2D eigenvalue weighted by atomic mass is 9.93. The minimum atomic E-state index is -0.768. The van der Waals surface area contributed by atoms with Gasteiger partial charge in [0.15, 0.2) is 0 Å². The quantitative estimate of drug-likeness (QED) is 0.817. The van der Waals surface area contributed by atoms with Crippen molar-refractivity contribution in [3.8, 4) is 0 Å². The van der Waals surface area contributed by atoms with Crippen molar-refractivity contribution in [2.75, 3.05) is 13.2 Å². The number of hydrogen-bond donors (Lipinski definition) is 0. The highest BCUT2D eigenvalue weighted by atomic mass is 16.6. The van der Waals surface area contributed by atoms with Crippen LogP contribution in [-0.4, -0.2) is 41.9 Å². The molecule has 1 aromatic carbocycles. The van der Waals surface area contributed by atoms with Gasteiger partial charge in [-0.1, -0.05) is 42.4 Å². The van der Waals surface area contributed by atoms with Crippen LogP contribution in [0.1, 0.15) is 12.5 Å². The van der Waals surface area contributed by atoms with E-state index in [1.807, 2.05) is 37.3 Å². The van der Waals surface area contributed by atoms with Crippen LogP contribution in [0.25, 0.3) is 0 Å². The van der Waals surface area contributed by atoms with E-state index in [-0.39, 0.29) is 19.1 Å². The monoisotopic (exact) mass is 274 g/mol. The highest BCUT2D eigenvalue weighted by Gasteiger charge is 2.42. The lowest BCUT2D eigenvalue weighted by molar-refractivity contribution is -0.140. The Kier molecular flexibility index (Phi) is 3.14. The normalized spacial score (nSPS) is 25.1. The van der Waals surface area contributed by atoms with Gasteiger partial charge in [0.1, 0.15) is 6.61 Å². The molecule has 2 aliphatic heterocycles. The van der Waals surface area contributed by atoms with Crippen LogP contribution in [-0.2, 0) is 14.4 Å². The molecule has 104 valence electrons. The third kappa shape index (κ3) is 2.03. The molecule has 2 aliphatic rings. The Morgan fingerprint density at radius 2 is 2.10 bits per heavy atom. The standard InChI is InChI=1S/C14H14N2O4/c1-9-11(10-5-3-2-4-6-10)15-20-12(9)13(17)16-7-8-19-14(16)18/h2-6,9,12H,7-8H2,1H3/t9-,12-/m0/s1. The number of amides is 2. The minimum Gasteiger partial charge on any atom is -0.447 e. The molecule has 1 fully saturated rings. The third-order valence-electron chi connectivity index (χ3n) is 3.49. The average Bonchev–Trinajstić information content (AvgIpc) is 3.05. The topological polar surface area (TPSA) is 68.2 Å². The van der Waals surface area contributed by atoms with Gasteiger partial charge in [-0.25, -0.2) is 9.69 Å². The number of cyclic esters (lactones) is 1. The molecule has 0 aromatic heterocycles. The molecule has 0 aliphatic carbocycles. The Balaban J connectivity index is 1.76. The fraction of sp³-hybridized carbons (Fsp3) is 0.357. The summed E-state index contributed by atoms with van der Waals surface area (Å²) in [6, 6.07) is 9.54. The van der Waals surface area contributed by atoms with Gasteiger partial charge in [0.25, 0.3) is 5.91 Å². The zero-order valence-electron chi connectivity index (χ0n) is 11.0. The predicted molar refractivity (Wildman–Crippen MR) is 70.1 cm³/mol. The first kappa shape index (κ1) is 12.7. The first-order chi connectivity index (χ1) is 9.68. The van der Waals surface area contributed by atoms with Crippen LogP contribution in [0, 0.1) is 5.92 Å². The second-order valence-corrected chi connectivity index (χ2v) is 4.76. The van der Waals surface area contributed by atoms with Gasteiger partial charge in [-0.3, -0.25) is 4.79 Å². The largest absolute Gasteiger partial charge is 0.447 e. The van der Waals surface area contributed by atoms with E-state index in [1.165, 1.54) is 0 Å². The average molecular weight is 274 g/mol. The van der Waals surface area contributed by atoms with E-state index in [2.05, 4.69) is 5.16 Å². The van der Waals surface area contributed by atoms with Gasteiger partial charge in [-0.05, 0) is 5.56 Å². The van der Waals surface area contributed by atoms with Crippen molar-refractivity contribution >= 4 is 17.7 Å². The van der Waals surface area contributed by atoms with Crippen LogP contribution in [0.15, 0.2) is 35.5 Å². The van der Waals surface area contributed by atoms with E-state index in [9.17, 15) is 9.59 Å². The summed E-state index contributed by atoms with van der Waals surface area (Å²) in [4.78, 5) is 30.0. The minimum absolute atomic E-state index is 0.210. The van der Waals surface area contributed by atoms with Crippen molar-refractivity contribution in [2.24, 2.45) is 11.1 Å². The van der Waals surface area contributed by atoms with Crippen LogP contribution in [0.3, 0.4) is 0 Å². The van der Waals surface area contributed by atoms with Gasteiger partial charge in [0.05, 0.1) is 18.2 Å². The molecule has 0 unspecified atom stereocenters. The van der Waals surface area contributed by atoms with Gasteiger partial charge < -0.3 is 9.57 Å². The predicted octanol–water partition coefficient (Wildman–Crippen LogP) is 1.40. The molecule has 0 spiro atoms. The number of rotatable bonds is 2. The zero-order valence-corrected chi connectivity index (χ0v) is 11.0. The summed E-state index contributed by atoms with van der Waals surface area (Å²) in [6.45, 7) is 2.37. The van der Waals surface area contributed by atoms with E-state index in [1.54, 1.807) is 0 Å². The fourth-order valence-electron chi connectivity index (χ4n) is 2.36. The first-order valence-corrected chi connectivity index (χ1v) is 6.46. The van der Waals surface area contributed by atoms with Crippen molar-refractivity contribution in [2.45, 2.75) is 13.0 Å². The van der Waals surface area contributed by atoms with Gasteiger partial charge in [-0.2, -0.15) is 0 Å². The molecule has 1 aromatic rings. The smallest absolute Gasteiger partial charge is 0.416 e. The van der Waals surface area contributed by atoms with Crippen molar-refractivity contribution in [1.82, 2.24) is 4.90 Å². The van der Waals surface area contributed by atoms with Crippen molar-refractivity contribution in [3.05, 3.63) is 35.9 Å². The number of benzene rings is 1. The maximum Gasteiger partial charge on any atom is 0.416 e. The van der Waals surface area contributed by atoms with Crippen molar-refractivity contribution < 1.29 is 19.2 Å². The summed E-state index contributed by atoms with van der Waals surface area (Å²) in [6.07, 6.45) is -1.38. The van der Waals surface area contributed by atoms with E-state index in [0.29, 0.717) is 0 Å². The lowest BCUT2D eigenvalue weighted by Gasteiger charge is -2.18. The number of oxime groups is 1. The molecule has 0 N–H and O–H groups in total. The highest BCUT2D eigenvalue weighted by molar-refractivity contribution is 6.07. The molecule has 0 bridgehead atoms. The lowest BCUT2D eigenvalue weighted by Crippen LogP contribution is -2.43. The van der Waals surface area contributed by atoms with Gasteiger partial charge in [0, 0.05) is 0 Å². The molecule has 2 heterocycles. The van der Waals surface area contributed by atoms with Crippen molar-refractivity contribution in [1.29, 1.82) is 0 Å². The Hall–Kier alpha value is -2.37. The molecule has 0 saturated carbocycles. The summed E-state index contributed by atoms with van der Waals surface area (Å²) >= 11 is 0.